The van der Waals surface area contributed by atoms with Crippen LogP contribution in [0, 0.1) is 0 Å². The Morgan fingerprint density at radius 3 is 2.68 bits per heavy atom. The van der Waals surface area contributed by atoms with Gasteiger partial charge < -0.3 is 15.1 Å². The molecule has 19 heavy (non-hydrogen) atoms. The van der Waals surface area contributed by atoms with E-state index in [1.54, 1.807) is 6.26 Å². The SMILES string of the molecule is O=C(NC1CCCCCC1)C(=S)NCc1ccco1. The molecule has 1 fully saturated rings. The lowest BCUT2D eigenvalue weighted by Gasteiger charge is -2.16. The summed E-state index contributed by atoms with van der Waals surface area (Å²) >= 11 is 5.09. The Balaban J connectivity index is 1.73. The molecule has 0 aromatic carbocycles. The zero-order chi connectivity index (χ0) is 13.5. The van der Waals surface area contributed by atoms with Crippen LogP contribution in [0.15, 0.2) is 22.8 Å². The molecule has 104 valence electrons. The van der Waals surface area contributed by atoms with Crippen LogP contribution in [-0.4, -0.2) is 16.9 Å². The van der Waals surface area contributed by atoms with Gasteiger partial charge in [-0.2, -0.15) is 0 Å². The lowest BCUT2D eigenvalue weighted by Crippen LogP contribution is -2.43. The van der Waals surface area contributed by atoms with Crippen LogP contribution in [-0.2, 0) is 11.3 Å². The standard InChI is InChI=1S/C14H20N2O2S/c17-13(16-11-6-3-1-2-4-7-11)14(19)15-10-12-8-5-9-18-12/h5,8-9,11H,1-4,6-7,10H2,(H,15,19)(H,16,17). The van der Waals surface area contributed by atoms with Crippen molar-refractivity contribution in [3.63, 3.8) is 0 Å². The molecule has 1 heterocycles. The topological polar surface area (TPSA) is 54.3 Å². The Morgan fingerprint density at radius 1 is 1.32 bits per heavy atom. The van der Waals surface area contributed by atoms with Gasteiger partial charge in [-0.3, -0.25) is 4.79 Å². The molecule has 1 aliphatic carbocycles. The first-order chi connectivity index (χ1) is 9.25. The van der Waals surface area contributed by atoms with Crippen LogP contribution in [0.2, 0.25) is 0 Å². The molecule has 0 saturated heterocycles. The first-order valence-electron chi connectivity index (χ1n) is 6.87. The lowest BCUT2D eigenvalue weighted by atomic mass is 10.1. The van der Waals surface area contributed by atoms with Crippen molar-refractivity contribution in [2.24, 2.45) is 0 Å². The van der Waals surface area contributed by atoms with Crippen molar-refractivity contribution < 1.29 is 9.21 Å². The van der Waals surface area contributed by atoms with Crippen LogP contribution >= 0.6 is 12.2 Å². The smallest absolute Gasteiger partial charge is 0.278 e. The van der Waals surface area contributed by atoms with Gasteiger partial charge in [0.15, 0.2) is 4.99 Å². The van der Waals surface area contributed by atoms with Crippen molar-refractivity contribution >= 4 is 23.1 Å². The van der Waals surface area contributed by atoms with Gasteiger partial charge in [0.2, 0.25) is 0 Å². The minimum Gasteiger partial charge on any atom is -0.467 e. The average Bonchev–Trinajstić information content (AvgIpc) is 2.80. The van der Waals surface area contributed by atoms with Crippen molar-refractivity contribution in [3.8, 4) is 0 Å². The second kappa shape index (κ2) is 7.28. The number of carbonyl (C=O) groups excluding carboxylic acids is 1. The molecular formula is C14H20N2O2S. The van der Waals surface area contributed by atoms with Gasteiger partial charge in [-0.15, -0.1) is 0 Å². The number of amides is 1. The van der Waals surface area contributed by atoms with Crippen molar-refractivity contribution in [2.75, 3.05) is 0 Å². The van der Waals surface area contributed by atoms with Gasteiger partial charge in [0, 0.05) is 6.04 Å². The van der Waals surface area contributed by atoms with E-state index < -0.39 is 0 Å². The van der Waals surface area contributed by atoms with Crippen LogP contribution in [0.3, 0.4) is 0 Å². The normalized spacial score (nSPS) is 16.6. The molecule has 0 radical (unpaired) electrons. The van der Waals surface area contributed by atoms with Gasteiger partial charge in [-0.1, -0.05) is 37.9 Å². The van der Waals surface area contributed by atoms with Crippen LogP contribution in [0.25, 0.3) is 0 Å². The zero-order valence-corrected chi connectivity index (χ0v) is 11.8. The number of carbonyl (C=O) groups is 1. The summed E-state index contributed by atoms with van der Waals surface area (Å²) in [5, 5.41) is 5.93. The van der Waals surface area contributed by atoms with E-state index >= 15 is 0 Å². The van der Waals surface area contributed by atoms with Gasteiger partial charge in [-0.25, -0.2) is 0 Å². The number of furan rings is 1. The fourth-order valence-electron chi connectivity index (χ4n) is 2.34. The summed E-state index contributed by atoms with van der Waals surface area (Å²) in [5.74, 6) is 0.595. The second-order valence-electron chi connectivity index (χ2n) is 4.92. The summed E-state index contributed by atoms with van der Waals surface area (Å²) in [6, 6.07) is 3.93. The average molecular weight is 280 g/mol. The maximum absolute atomic E-state index is 11.9. The quantitative estimate of drug-likeness (QED) is 0.660. The fraction of sp³-hybridized carbons (Fsp3) is 0.571. The van der Waals surface area contributed by atoms with Crippen molar-refractivity contribution in [2.45, 2.75) is 51.1 Å². The Bertz CT molecular complexity index is 409. The van der Waals surface area contributed by atoms with Crippen LogP contribution in [0.5, 0.6) is 0 Å². The fourth-order valence-corrected chi connectivity index (χ4v) is 2.47. The molecule has 0 spiro atoms. The third kappa shape index (κ3) is 4.67. The molecule has 0 bridgehead atoms. The van der Waals surface area contributed by atoms with Crippen molar-refractivity contribution in [1.29, 1.82) is 0 Å². The predicted octanol–water partition coefficient (Wildman–Crippen LogP) is 2.54. The van der Waals surface area contributed by atoms with E-state index in [4.69, 9.17) is 16.6 Å². The predicted molar refractivity (Wildman–Crippen MR) is 77.8 cm³/mol. The van der Waals surface area contributed by atoms with Gasteiger partial charge >= 0.3 is 0 Å². The summed E-state index contributed by atoms with van der Waals surface area (Å²) in [4.78, 5) is 12.2. The number of hydrogen-bond acceptors (Lipinski definition) is 3. The summed E-state index contributed by atoms with van der Waals surface area (Å²) in [7, 11) is 0. The van der Waals surface area contributed by atoms with Crippen molar-refractivity contribution in [1.82, 2.24) is 10.6 Å². The summed E-state index contributed by atoms with van der Waals surface area (Å²) < 4.78 is 5.18. The molecule has 4 nitrogen and oxygen atoms in total. The molecular weight excluding hydrogens is 260 g/mol. The van der Waals surface area contributed by atoms with E-state index in [1.807, 2.05) is 12.1 Å². The molecule has 5 heteroatoms. The second-order valence-corrected chi connectivity index (χ2v) is 5.33. The molecule has 2 rings (SSSR count). The third-order valence-electron chi connectivity index (χ3n) is 3.40. The highest BCUT2D eigenvalue weighted by Gasteiger charge is 2.17. The minimum absolute atomic E-state index is 0.173. The number of rotatable bonds is 3. The monoisotopic (exact) mass is 280 g/mol. The largest absolute Gasteiger partial charge is 0.467 e. The van der Waals surface area contributed by atoms with Gasteiger partial charge in [0.25, 0.3) is 5.91 Å². The van der Waals surface area contributed by atoms with Crippen LogP contribution in [0.4, 0.5) is 0 Å². The van der Waals surface area contributed by atoms with E-state index in [0.717, 1.165) is 18.6 Å². The third-order valence-corrected chi connectivity index (χ3v) is 3.73. The number of thiocarbonyl (C=S) groups is 1. The van der Waals surface area contributed by atoms with E-state index in [2.05, 4.69) is 10.6 Å². The van der Waals surface area contributed by atoms with E-state index in [0.29, 0.717) is 6.54 Å². The molecule has 1 aromatic heterocycles. The summed E-state index contributed by atoms with van der Waals surface area (Å²) in [6.45, 7) is 0.448. The molecule has 2 N–H and O–H groups in total. The molecule has 0 unspecified atom stereocenters. The van der Waals surface area contributed by atoms with E-state index in [1.165, 1.54) is 25.7 Å². The number of hydrogen-bond donors (Lipinski definition) is 2. The first-order valence-corrected chi connectivity index (χ1v) is 7.27. The molecule has 1 amide bonds. The van der Waals surface area contributed by atoms with Gasteiger partial charge in [0.05, 0.1) is 12.8 Å². The zero-order valence-electron chi connectivity index (χ0n) is 11.0. The summed E-state index contributed by atoms with van der Waals surface area (Å²) in [5.41, 5.74) is 0. The Kier molecular flexibility index (Phi) is 5.39. The number of nitrogens with one attached hydrogen (secondary N) is 2. The maximum Gasteiger partial charge on any atom is 0.278 e. The Labute approximate surface area is 118 Å². The molecule has 0 atom stereocenters. The molecule has 1 aliphatic rings. The van der Waals surface area contributed by atoms with E-state index in [9.17, 15) is 4.79 Å². The molecule has 0 aliphatic heterocycles. The van der Waals surface area contributed by atoms with Crippen LogP contribution < -0.4 is 10.6 Å². The first kappa shape index (κ1) is 14.1. The van der Waals surface area contributed by atoms with Crippen molar-refractivity contribution in [3.05, 3.63) is 24.2 Å². The lowest BCUT2D eigenvalue weighted by molar-refractivity contribution is -0.115. The minimum atomic E-state index is -0.173. The van der Waals surface area contributed by atoms with Crippen LogP contribution in [0.1, 0.15) is 44.3 Å². The highest BCUT2D eigenvalue weighted by molar-refractivity contribution is 7.82. The maximum atomic E-state index is 11.9. The van der Waals surface area contributed by atoms with Gasteiger partial charge in [0.1, 0.15) is 5.76 Å². The summed E-state index contributed by atoms with van der Waals surface area (Å²) in [6.07, 6.45) is 8.65. The van der Waals surface area contributed by atoms with Gasteiger partial charge in [-0.05, 0) is 25.0 Å². The van der Waals surface area contributed by atoms with E-state index in [-0.39, 0.29) is 16.9 Å². The molecule has 1 aromatic rings. The molecule has 1 saturated carbocycles. The highest BCUT2D eigenvalue weighted by atomic mass is 32.1. The Hall–Kier alpha value is -1.36. The highest BCUT2D eigenvalue weighted by Crippen LogP contribution is 2.17. The Morgan fingerprint density at radius 2 is 2.05 bits per heavy atom.